The molecule has 2 aromatic carbocycles. The van der Waals surface area contributed by atoms with Crippen LogP contribution in [0.25, 0.3) is 16.0 Å². The fraction of sp³-hybridized carbons (Fsp3) is 0.208. The minimum Gasteiger partial charge on any atom is -0.493 e. The van der Waals surface area contributed by atoms with E-state index in [0.717, 1.165) is 11.1 Å². The van der Waals surface area contributed by atoms with E-state index in [9.17, 15) is 9.59 Å². The van der Waals surface area contributed by atoms with Crippen LogP contribution in [0.15, 0.2) is 63.5 Å². The average Bonchev–Trinajstić information content (AvgIpc) is 3.45. The molecule has 34 heavy (non-hydrogen) atoms. The van der Waals surface area contributed by atoms with E-state index < -0.39 is 0 Å². The van der Waals surface area contributed by atoms with Gasteiger partial charge in [0.05, 0.1) is 26.3 Å². The van der Waals surface area contributed by atoms with E-state index >= 15 is 0 Å². The maximum absolute atomic E-state index is 13.3. The van der Waals surface area contributed by atoms with E-state index in [4.69, 9.17) is 21.1 Å². The van der Waals surface area contributed by atoms with Gasteiger partial charge in [0.15, 0.2) is 11.5 Å². The van der Waals surface area contributed by atoms with Gasteiger partial charge in [-0.05, 0) is 53.3 Å². The summed E-state index contributed by atoms with van der Waals surface area (Å²) in [5.41, 5.74) is 1.96. The molecule has 0 N–H and O–H groups in total. The molecule has 0 saturated carbocycles. The Morgan fingerprint density at radius 2 is 1.71 bits per heavy atom. The monoisotopic (exact) mass is 496 g/mol. The quantitative estimate of drug-likeness (QED) is 0.342. The van der Waals surface area contributed by atoms with Gasteiger partial charge >= 0.3 is 5.69 Å². The summed E-state index contributed by atoms with van der Waals surface area (Å²) in [6.45, 7) is 0.621. The summed E-state index contributed by atoms with van der Waals surface area (Å²) in [6.07, 6.45) is 0.547. The third kappa shape index (κ3) is 3.86. The third-order valence-corrected chi connectivity index (χ3v) is 6.85. The van der Waals surface area contributed by atoms with Crippen molar-refractivity contribution in [2.45, 2.75) is 19.5 Å². The van der Waals surface area contributed by atoms with Crippen LogP contribution < -0.4 is 20.7 Å². The first kappa shape index (κ1) is 22.2. The van der Waals surface area contributed by atoms with Gasteiger partial charge in [0.2, 0.25) is 5.78 Å². The van der Waals surface area contributed by atoms with Crippen molar-refractivity contribution in [3.8, 4) is 11.5 Å². The highest BCUT2D eigenvalue weighted by Gasteiger charge is 2.18. The van der Waals surface area contributed by atoms with Crippen molar-refractivity contribution in [3.63, 3.8) is 0 Å². The molecule has 0 spiro atoms. The summed E-state index contributed by atoms with van der Waals surface area (Å²) in [6, 6.07) is 14.7. The molecule has 174 valence electrons. The molecule has 5 rings (SSSR count). The van der Waals surface area contributed by atoms with Gasteiger partial charge in [-0.2, -0.15) is 0 Å². The lowest BCUT2D eigenvalue weighted by Gasteiger charge is -2.11. The van der Waals surface area contributed by atoms with Crippen molar-refractivity contribution in [1.82, 2.24) is 18.7 Å². The number of rotatable bonds is 7. The topological polar surface area (TPSA) is 79.8 Å². The number of nitrogens with zero attached hydrogens (tertiary/aromatic N) is 4. The van der Waals surface area contributed by atoms with Crippen LogP contribution in [0.1, 0.15) is 11.1 Å². The van der Waals surface area contributed by atoms with Crippen molar-refractivity contribution < 1.29 is 9.47 Å². The van der Waals surface area contributed by atoms with Gasteiger partial charge in [0.1, 0.15) is 4.70 Å². The lowest BCUT2D eigenvalue weighted by molar-refractivity contribution is 0.354. The minimum absolute atomic E-state index is 0.165. The molecule has 0 aliphatic carbocycles. The molecular weight excluding hydrogens is 476 g/mol. The van der Waals surface area contributed by atoms with Crippen molar-refractivity contribution >= 4 is 38.9 Å². The fourth-order valence-electron chi connectivity index (χ4n) is 3.98. The summed E-state index contributed by atoms with van der Waals surface area (Å²) >= 11 is 7.30. The maximum Gasteiger partial charge on any atom is 0.352 e. The molecule has 0 atom stereocenters. The molecular formula is C24H21ClN4O4S. The molecule has 0 aliphatic heterocycles. The second kappa shape index (κ2) is 9.00. The first-order chi connectivity index (χ1) is 16.5. The lowest BCUT2D eigenvalue weighted by Crippen LogP contribution is -2.26. The van der Waals surface area contributed by atoms with Crippen LogP contribution in [-0.4, -0.2) is 33.0 Å². The van der Waals surface area contributed by atoms with E-state index in [0.29, 0.717) is 45.5 Å². The van der Waals surface area contributed by atoms with Crippen LogP contribution in [0.3, 0.4) is 0 Å². The average molecular weight is 497 g/mol. The lowest BCUT2D eigenvalue weighted by atomic mass is 10.1. The molecule has 0 bridgehead atoms. The standard InChI is InChI=1S/C24H21ClN4O4S/c1-32-19-8-5-15(13-20(19)33-2)9-11-27-22(30)21-18(10-12-34-21)29-23(27)26-28(24(29)31)14-16-3-6-17(25)7-4-16/h3-8,10,12-13H,9,11,14H2,1-2H3. The van der Waals surface area contributed by atoms with Gasteiger partial charge in [0, 0.05) is 11.6 Å². The number of methoxy groups -OCH3 is 2. The zero-order chi connectivity index (χ0) is 23.8. The Kier molecular flexibility index (Phi) is 5.89. The molecule has 3 aromatic heterocycles. The van der Waals surface area contributed by atoms with Crippen molar-refractivity contribution in [2.24, 2.45) is 0 Å². The molecule has 0 unspecified atom stereocenters. The number of hydrogen-bond donors (Lipinski definition) is 0. The first-order valence-corrected chi connectivity index (χ1v) is 11.8. The number of aryl methyl sites for hydroxylation is 2. The third-order valence-electron chi connectivity index (χ3n) is 5.71. The number of thiophene rings is 1. The van der Waals surface area contributed by atoms with Gasteiger partial charge in [-0.15, -0.1) is 16.4 Å². The second-order valence-electron chi connectivity index (χ2n) is 7.73. The zero-order valence-electron chi connectivity index (χ0n) is 18.5. The van der Waals surface area contributed by atoms with E-state index in [2.05, 4.69) is 5.10 Å². The highest BCUT2D eigenvalue weighted by Crippen LogP contribution is 2.28. The molecule has 0 aliphatic rings. The Labute approximate surface area is 203 Å². The van der Waals surface area contributed by atoms with Gasteiger partial charge in [-0.25, -0.2) is 13.9 Å². The maximum atomic E-state index is 13.3. The van der Waals surface area contributed by atoms with Gasteiger partial charge in [-0.1, -0.05) is 29.8 Å². The predicted octanol–water partition coefficient (Wildman–Crippen LogP) is 3.83. The van der Waals surface area contributed by atoms with E-state index in [-0.39, 0.29) is 17.8 Å². The van der Waals surface area contributed by atoms with Crippen molar-refractivity contribution in [2.75, 3.05) is 14.2 Å². The SMILES string of the molecule is COc1ccc(CCn2c(=O)c3sccc3n3c(=O)n(Cc4ccc(Cl)cc4)nc23)cc1OC. The first-order valence-electron chi connectivity index (χ1n) is 10.5. The Morgan fingerprint density at radius 1 is 0.971 bits per heavy atom. The van der Waals surface area contributed by atoms with Gasteiger partial charge in [0.25, 0.3) is 5.56 Å². The Morgan fingerprint density at radius 3 is 2.44 bits per heavy atom. The molecule has 10 heteroatoms. The van der Waals surface area contributed by atoms with E-state index in [1.807, 2.05) is 35.7 Å². The Hall–Kier alpha value is -3.56. The summed E-state index contributed by atoms with van der Waals surface area (Å²) in [7, 11) is 3.17. The molecule has 3 heterocycles. The fourth-order valence-corrected chi connectivity index (χ4v) is 4.93. The van der Waals surface area contributed by atoms with E-state index in [1.54, 1.807) is 37.0 Å². The number of hydrogen-bond acceptors (Lipinski definition) is 6. The van der Waals surface area contributed by atoms with Crippen LogP contribution in [0, 0.1) is 0 Å². The van der Waals surface area contributed by atoms with Crippen LogP contribution in [-0.2, 0) is 19.5 Å². The molecule has 8 nitrogen and oxygen atoms in total. The Balaban J connectivity index is 1.58. The molecule has 5 aromatic rings. The zero-order valence-corrected chi connectivity index (χ0v) is 20.1. The van der Waals surface area contributed by atoms with Gasteiger partial charge in [-0.3, -0.25) is 9.36 Å². The normalized spacial score (nSPS) is 11.4. The summed E-state index contributed by atoms with van der Waals surface area (Å²) in [4.78, 5) is 26.6. The molecule has 0 fully saturated rings. The van der Waals surface area contributed by atoms with Crippen molar-refractivity contribution in [3.05, 3.63) is 90.9 Å². The molecule has 0 amide bonds. The van der Waals surface area contributed by atoms with Crippen molar-refractivity contribution in [1.29, 1.82) is 0 Å². The summed E-state index contributed by atoms with van der Waals surface area (Å²) in [5, 5.41) is 6.98. The number of fused-ring (bicyclic) bond motifs is 3. The van der Waals surface area contributed by atoms with E-state index in [1.165, 1.54) is 20.4 Å². The second-order valence-corrected chi connectivity index (χ2v) is 9.09. The van der Waals surface area contributed by atoms with Crippen LogP contribution in [0.2, 0.25) is 5.02 Å². The summed E-state index contributed by atoms with van der Waals surface area (Å²) in [5.74, 6) is 1.57. The van der Waals surface area contributed by atoms with Crippen LogP contribution in [0.5, 0.6) is 11.5 Å². The number of aromatic nitrogens is 4. The van der Waals surface area contributed by atoms with Gasteiger partial charge < -0.3 is 9.47 Å². The largest absolute Gasteiger partial charge is 0.493 e. The molecule has 0 saturated heterocycles. The van der Waals surface area contributed by atoms with Crippen LogP contribution in [0.4, 0.5) is 0 Å². The highest BCUT2D eigenvalue weighted by atomic mass is 35.5. The number of halogens is 1. The van der Waals surface area contributed by atoms with Crippen LogP contribution >= 0.6 is 22.9 Å². The minimum atomic E-state index is -0.298. The predicted molar refractivity (Wildman–Crippen MR) is 133 cm³/mol. The highest BCUT2D eigenvalue weighted by molar-refractivity contribution is 7.17. The number of ether oxygens (including phenoxy) is 2. The Bertz CT molecular complexity index is 1610. The molecule has 0 radical (unpaired) electrons. The summed E-state index contributed by atoms with van der Waals surface area (Å²) < 4.78 is 15.7. The smallest absolute Gasteiger partial charge is 0.352 e. The number of benzene rings is 2.